The number of hydrogen-bond acceptors (Lipinski definition) is 6. The van der Waals surface area contributed by atoms with Gasteiger partial charge in [0.1, 0.15) is 18.5 Å². The van der Waals surface area contributed by atoms with Crippen LogP contribution in [0.15, 0.2) is 18.2 Å². The second-order valence-corrected chi connectivity index (χ2v) is 10.4. The Hall–Kier alpha value is -2.65. The van der Waals surface area contributed by atoms with Crippen molar-refractivity contribution in [2.24, 2.45) is 5.92 Å². The van der Waals surface area contributed by atoms with E-state index >= 15 is 0 Å². The third-order valence-corrected chi connectivity index (χ3v) is 8.01. The number of ether oxygens (including phenoxy) is 2. The number of rotatable bonds is 4. The van der Waals surface area contributed by atoms with E-state index in [0.29, 0.717) is 30.0 Å². The van der Waals surface area contributed by atoms with Crippen molar-refractivity contribution in [1.82, 2.24) is 14.7 Å². The zero-order valence-corrected chi connectivity index (χ0v) is 20.7. The van der Waals surface area contributed by atoms with Gasteiger partial charge in [0.05, 0.1) is 24.1 Å². The second-order valence-electron chi connectivity index (χ2n) is 10.4. The van der Waals surface area contributed by atoms with Gasteiger partial charge in [-0.15, -0.1) is 0 Å². The summed E-state index contributed by atoms with van der Waals surface area (Å²) < 4.78 is 12.4. The van der Waals surface area contributed by atoms with Gasteiger partial charge in [0.25, 0.3) is 5.91 Å². The Kier molecular flexibility index (Phi) is 6.98. The van der Waals surface area contributed by atoms with Gasteiger partial charge in [-0.2, -0.15) is 0 Å². The maximum atomic E-state index is 13.4. The minimum absolute atomic E-state index is 0.0154. The highest BCUT2D eigenvalue weighted by Gasteiger charge is 2.39. The molecule has 0 radical (unpaired) electrons. The molecule has 3 aliphatic heterocycles. The van der Waals surface area contributed by atoms with Crippen LogP contribution in [0.3, 0.4) is 0 Å². The molecule has 190 valence electrons. The first-order valence-corrected chi connectivity index (χ1v) is 12.9. The van der Waals surface area contributed by atoms with Crippen LogP contribution in [0.5, 0.6) is 5.75 Å². The van der Waals surface area contributed by atoms with Crippen molar-refractivity contribution >= 4 is 23.4 Å². The molecule has 9 heteroatoms. The topological polar surface area (TPSA) is 91.4 Å². The standard InChI is InChI=1S/C26H36N4O5/c1-28-10-12-30(13-11-28)24(31)15-19-7-8-21-23(35-19)16-34-22-9-6-18(14-20(22)26(33)29(21)2)27-25(32)17-4-3-5-17/h6,9,14,17,19,21,23H,3-5,7-8,10-13,15-16H2,1-2H3,(H,27,32)/t19-,21+,23-/m0/s1. The Balaban J connectivity index is 1.23. The van der Waals surface area contributed by atoms with E-state index in [2.05, 4.69) is 17.3 Å². The van der Waals surface area contributed by atoms with Crippen LogP contribution in [0.25, 0.3) is 0 Å². The van der Waals surface area contributed by atoms with Crippen LogP contribution in [-0.4, -0.2) is 97.6 Å². The second kappa shape index (κ2) is 10.1. The summed E-state index contributed by atoms with van der Waals surface area (Å²) in [7, 11) is 3.87. The van der Waals surface area contributed by atoms with Gasteiger partial charge in [-0.05, 0) is 50.9 Å². The molecule has 0 aromatic heterocycles. The molecule has 3 fully saturated rings. The molecular weight excluding hydrogens is 448 g/mol. The summed E-state index contributed by atoms with van der Waals surface area (Å²) >= 11 is 0. The van der Waals surface area contributed by atoms with Gasteiger partial charge in [-0.3, -0.25) is 14.4 Å². The minimum atomic E-state index is -0.297. The van der Waals surface area contributed by atoms with Gasteiger partial charge in [0.15, 0.2) is 0 Å². The molecule has 3 heterocycles. The number of benzene rings is 1. The average Bonchev–Trinajstić information content (AvgIpc) is 2.81. The predicted octanol–water partition coefficient (Wildman–Crippen LogP) is 1.97. The zero-order chi connectivity index (χ0) is 24.5. The number of nitrogens with one attached hydrogen (secondary N) is 1. The smallest absolute Gasteiger partial charge is 0.257 e. The predicted molar refractivity (Wildman–Crippen MR) is 130 cm³/mol. The molecule has 3 amide bonds. The maximum Gasteiger partial charge on any atom is 0.257 e. The summed E-state index contributed by atoms with van der Waals surface area (Å²) in [6.07, 6.45) is 4.32. The van der Waals surface area contributed by atoms with E-state index in [-0.39, 0.29) is 41.9 Å². The van der Waals surface area contributed by atoms with Crippen LogP contribution < -0.4 is 10.1 Å². The Labute approximate surface area is 206 Å². The summed E-state index contributed by atoms with van der Waals surface area (Å²) in [6.45, 7) is 3.62. The van der Waals surface area contributed by atoms with Crippen LogP contribution in [0.1, 0.15) is 48.9 Å². The molecule has 3 atom stereocenters. The molecule has 5 rings (SSSR count). The van der Waals surface area contributed by atoms with Gasteiger partial charge in [0, 0.05) is 44.8 Å². The van der Waals surface area contributed by atoms with Crippen LogP contribution in [0, 0.1) is 5.92 Å². The summed E-state index contributed by atoms with van der Waals surface area (Å²) in [5.41, 5.74) is 1.07. The minimum Gasteiger partial charge on any atom is -0.490 e. The van der Waals surface area contributed by atoms with Crippen molar-refractivity contribution in [2.75, 3.05) is 52.2 Å². The first kappa shape index (κ1) is 24.1. The number of carbonyl (C=O) groups is 3. The molecule has 0 unspecified atom stereocenters. The van der Waals surface area contributed by atoms with Crippen LogP contribution in [0.4, 0.5) is 5.69 Å². The lowest BCUT2D eigenvalue weighted by Crippen LogP contribution is -2.54. The number of amides is 3. The van der Waals surface area contributed by atoms with Crippen molar-refractivity contribution in [3.63, 3.8) is 0 Å². The lowest BCUT2D eigenvalue weighted by molar-refractivity contribution is -0.144. The van der Waals surface area contributed by atoms with Crippen molar-refractivity contribution in [3.05, 3.63) is 23.8 Å². The highest BCUT2D eigenvalue weighted by atomic mass is 16.5. The average molecular weight is 485 g/mol. The molecule has 0 bridgehead atoms. The number of nitrogens with zero attached hydrogens (tertiary/aromatic N) is 3. The largest absolute Gasteiger partial charge is 0.490 e. The number of fused-ring (bicyclic) bond motifs is 2. The van der Waals surface area contributed by atoms with Crippen LogP contribution >= 0.6 is 0 Å². The maximum absolute atomic E-state index is 13.4. The first-order valence-electron chi connectivity index (χ1n) is 12.9. The number of likely N-dealkylation sites (N-methyl/N-ethyl adjacent to an activating group) is 2. The lowest BCUT2D eigenvalue weighted by Gasteiger charge is -2.42. The van der Waals surface area contributed by atoms with Crippen molar-refractivity contribution < 1.29 is 23.9 Å². The SMILES string of the molecule is CN1CCN(C(=O)C[C@@H]2CC[C@@H]3[C@H](COc4ccc(NC(=O)C5CCC5)cc4C(=O)N3C)O2)CC1. The Morgan fingerprint density at radius 2 is 1.83 bits per heavy atom. The summed E-state index contributed by atoms with van der Waals surface area (Å²) in [5, 5.41) is 2.95. The number of anilines is 1. The third kappa shape index (κ3) is 5.16. The molecule has 0 spiro atoms. The molecule has 1 aliphatic carbocycles. The highest BCUT2D eigenvalue weighted by molar-refractivity contribution is 6.00. The number of hydrogen-bond donors (Lipinski definition) is 1. The molecule has 35 heavy (non-hydrogen) atoms. The Morgan fingerprint density at radius 1 is 1.06 bits per heavy atom. The van der Waals surface area contributed by atoms with Crippen molar-refractivity contribution in [3.8, 4) is 5.75 Å². The van der Waals surface area contributed by atoms with Gasteiger partial charge in [-0.25, -0.2) is 0 Å². The van der Waals surface area contributed by atoms with Crippen LogP contribution in [0.2, 0.25) is 0 Å². The van der Waals surface area contributed by atoms with Gasteiger partial charge in [0.2, 0.25) is 11.8 Å². The molecule has 9 nitrogen and oxygen atoms in total. The van der Waals surface area contributed by atoms with Crippen molar-refractivity contribution in [2.45, 2.75) is 56.8 Å². The fourth-order valence-electron chi connectivity index (χ4n) is 5.40. The molecule has 2 saturated heterocycles. The van der Waals surface area contributed by atoms with E-state index in [1.807, 2.05) is 4.90 Å². The van der Waals surface area contributed by atoms with Gasteiger partial charge < -0.3 is 29.5 Å². The number of piperazine rings is 1. The van der Waals surface area contributed by atoms with E-state index < -0.39 is 0 Å². The van der Waals surface area contributed by atoms with Crippen LogP contribution in [-0.2, 0) is 14.3 Å². The summed E-state index contributed by atoms with van der Waals surface area (Å²) in [4.78, 5) is 44.5. The summed E-state index contributed by atoms with van der Waals surface area (Å²) in [6, 6.07) is 5.11. The van der Waals surface area contributed by atoms with E-state index in [0.717, 1.165) is 58.3 Å². The first-order chi connectivity index (χ1) is 16.9. The fraction of sp³-hybridized carbons (Fsp3) is 0.654. The highest BCUT2D eigenvalue weighted by Crippen LogP contribution is 2.33. The lowest BCUT2D eigenvalue weighted by atomic mass is 9.85. The number of carbonyl (C=O) groups excluding carboxylic acids is 3. The van der Waals surface area contributed by atoms with Gasteiger partial charge in [-0.1, -0.05) is 6.42 Å². The molecule has 1 N–H and O–H groups in total. The van der Waals surface area contributed by atoms with E-state index in [1.165, 1.54) is 0 Å². The van der Waals surface area contributed by atoms with Crippen molar-refractivity contribution in [1.29, 1.82) is 0 Å². The Bertz CT molecular complexity index is 972. The molecule has 1 aromatic carbocycles. The normalized spacial score (nSPS) is 27.6. The molecule has 4 aliphatic rings. The zero-order valence-electron chi connectivity index (χ0n) is 20.7. The van der Waals surface area contributed by atoms with E-state index in [4.69, 9.17) is 9.47 Å². The molecule has 1 aromatic rings. The Morgan fingerprint density at radius 3 is 2.54 bits per heavy atom. The molecular formula is C26H36N4O5. The van der Waals surface area contributed by atoms with E-state index in [9.17, 15) is 14.4 Å². The monoisotopic (exact) mass is 484 g/mol. The summed E-state index contributed by atoms with van der Waals surface area (Å²) in [5.74, 6) is 0.565. The van der Waals surface area contributed by atoms with E-state index in [1.54, 1.807) is 30.1 Å². The quantitative estimate of drug-likeness (QED) is 0.703. The molecule has 1 saturated carbocycles. The fourth-order valence-corrected chi connectivity index (χ4v) is 5.40. The van der Waals surface area contributed by atoms with Gasteiger partial charge >= 0.3 is 0 Å². The third-order valence-electron chi connectivity index (χ3n) is 8.01.